The third-order valence-electron chi connectivity index (χ3n) is 5.47. The SMILES string of the molecule is O=c1c(NCCc2ccc(O)cc2)c(N2CCN(Cc3ccccc3)CC2)c1=O. The van der Waals surface area contributed by atoms with Crippen LogP contribution in [0, 0.1) is 0 Å². The van der Waals surface area contributed by atoms with Gasteiger partial charge in [0.1, 0.15) is 17.1 Å². The average molecular weight is 391 g/mol. The molecule has 29 heavy (non-hydrogen) atoms. The Morgan fingerprint density at radius 3 is 2.21 bits per heavy atom. The highest BCUT2D eigenvalue weighted by molar-refractivity contribution is 5.75. The fourth-order valence-corrected chi connectivity index (χ4v) is 3.81. The molecule has 0 aromatic heterocycles. The quantitative estimate of drug-likeness (QED) is 0.600. The fraction of sp³-hybridized carbons (Fsp3) is 0.304. The van der Waals surface area contributed by atoms with Crippen molar-refractivity contribution in [1.82, 2.24) is 4.90 Å². The number of nitrogens with zero attached hydrogens (tertiary/aromatic N) is 2. The number of aromatic hydroxyl groups is 1. The molecule has 1 aliphatic heterocycles. The second-order valence-corrected chi connectivity index (χ2v) is 7.47. The van der Waals surface area contributed by atoms with Crippen LogP contribution in [0.25, 0.3) is 0 Å². The average Bonchev–Trinajstić information content (AvgIpc) is 2.76. The van der Waals surface area contributed by atoms with Crippen LogP contribution in [0.15, 0.2) is 64.2 Å². The Hall–Kier alpha value is -3.12. The van der Waals surface area contributed by atoms with Crippen LogP contribution < -0.4 is 21.1 Å². The summed E-state index contributed by atoms with van der Waals surface area (Å²) in [5, 5.41) is 12.5. The molecule has 3 aromatic rings. The molecule has 0 spiro atoms. The molecule has 0 unspecified atom stereocenters. The second-order valence-electron chi connectivity index (χ2n) is 7.47. The van der Waals surface area contributed by atoms with Crippen molar-refractivity contribution in [3.63, 3.8) is 0 Å². The molecule has 4 rings (SSSR count). The summed E-state index contributed by atoms with van der Waals surface area (Å²) in [6.45, 7) is 4.67. The molecule has 0 radical (unpaired) electrons. The van der Waals surface area contributed by atoms with Gasteiger partial charge in [0.25, 0.3) is 10.9 Å². The first-order valence-corrected chi connectivity index (χ1v) is 9.98. The molecule has 0 aliphatic carbocycles. The van der Waals surface area contributed by atoms with E-state index in [-0.39, 0.29) is 11.2 Å². The van der Waals surface area contributed by atoms with Gasteiger partial charge in [0, 0.05) is 39.3 Å². The molecule has 1 heterocycles. The van der Waals surface area contributed by atoms with E-state index in [1.807, 2.05) is 35.2 Å². The number of hydrogen-bond donors (Lipinski definition) is 2. The van der Waals surface area contributed by atoms with Gasteiger partial charge in [0.05, 0.1) is 0 Å². The van der Waals surface area contributed by atoms with Gasteiger partial charge in [-0.05, 0) is 29.7 Å². The molecule has 6 nitrogen and oxygen atoms in total. The van der Waals surface area contributed by atoms with Crippen molar-refractivity contribution < 1.29 is 5.11 Å². The zero-order valence-corrected chi connectivity index (χ0v) is 16.3. The summed E-state index contributed by atoms with van der Waals surface area (Å²) in [5.41, 5.74) is 2.54. The van der Waals surface area contributed by atoms with Crippen LogP contribution in [-0.2, 0) is 13.0 Å². The van der Waals surface area contributed by atoms with E-state index in [0.29, 0.717) is 24.3 Å². The summed E-state index contributed by atoms with van der Waals surface area (Å²) in [7, 11) is 0. The molecule has 0 amide bonds. The minimum absolute atomic E-state index is 0.234. The van der Waals surface area contributed by atoms with E-state index >= 15 is 0 Å². The van der Waals surface area contributed by atoms with E-state index in [4.69, 9.17) is 0 Å². The van der Waals surface area contributed by atoms with Gasteiger partial charge in [-0.25, -0.2) is 0 Å². The van der Waals surface area contributed by atoms with Gasteiger partial charge in [-0.15, -0.1) is 0 Å². The van der Waals surface area contributed by atoms with E-state index in [9.17, 15) is 14.7 Å². The first-order valence-electron chi connectivity index (χ1n) is 9.98. The van der Waals surface area contributed by atoms with Crippen molar-refractivity contribution in [2.45, 2.75) is 13.0 Å². The Bertz CT molecular complexity index is 1020. The Kier molecular flexibility index (Phi) is 5.62. The van der Waals surface area contributed by atoms with Crippen LogP contribution in [0.3, 0.4) is 0 Å². The van der Waals surface area contributed by atoms with Crippen molar-refractivity contribution >= 4 is 11.4 Å². The minimum Gasteiger partial charge on any atom is -0.508 e. The number of piperazine rings is 1. The van der Waals surface area contributed by atoms with Crippen molar-refractivity contribution in [3.05, 3.63) is 86.2 Å². The third kappa shape index (κ3) is 4.32. The topological polar surface area (TPSA) is 72.9 Å². The molecule has 1 saturated heterocycles. The molecule has 1 fully saturated rings. The smallest absolute Gasteiger partial charge is 0.253 e. The summed E-state index contributed by atoms with van der Waals surface area (Å²) in [6.07, 6.45) is 0.712. The first kappa shape index (κ1) is 19.2. The monoisotopic (exact) mass is 391 g/mol. The Balaban J connectivity index is 1.33. The number of anilines is 2. The Labute approximate surface area is 169 Å². The normalized spacial score (nSPS) is 15.0. The molecule has 2 N–H and O–H groups in total. The van der Waals surface area contributed by atoms with E-state index in [0.717, 1.165) is 38.3 Å². The Morgan fingerprint density at radius 1 is 0.828 bits per heavy atom. The lowest BCUT2D eigenvalue weighted by Crippen LogP contribution is -2.51. The lowest BCUT2D eigenvalue weighted by atomic mass is 10.1. The van der Waals surface area contributed by atoms with Crippen molar-refractivity contribution in [2.24, 2.45) is 0 Å². The lowest BCUT2D eigenvalue weighted by Gasteiger charge is -2.37. The van der Waals surface area contributed by atoms with E-state index in [2.05, 4.69) is 22.3 Å². The van der Waals surface area contributed by atoms with Crippen molar-refractivity contribution in [2.75, 3.05) is 42.9 Å². The molecule has 0 atom stereocenters. The molecular formula is C23H25N3O3. The summed E-state index contributed by atoms with van der Waals surface area (Å²) in [6, 6.07) is 17.4. The maximum Gasteiger partial charge on any atom is 0.253 e. The van der Waals surface area contributed by atoms with Gasteiger partial charge in [0.15, 0.2) is 0 Å². The molecule has 1 aliphatic rings. The van der Waals surface area contributed by atoms with E-state index in [1.54, 1.807) is 12.1 Å². The number of phenolic OH excluding ortho intramolecular Hbond substituents is 1. The maximum atomic E-state index is 12.2. The van der Waals surface area contributed by atoms with Crippen molar-refractivity contribution in [3.8, 4) is 5.75 Å². The van der Waals surface area contributed by atoms with Gasteiger partial charge in [-0.1, -0.05) is 42.5 Å². The van der Waals surface area contributed by atoms with Crippen LogP contribution in [0.1, 0.15) is 11.1 Å². The van der Waals surface area contributed by atoms with Gasteiger partial charge in [-0.3, -0.25) is 14.5 Å². The highest BCUT2D eigenvalue weighted by Crippen LogP contribution is 2.22. The molecule has 0 saturated carbocycles. The zero-order valence-electron chi connectivity index (χ0n) is 16.3. The maximum absolute atomic E-state index is 12.2. The number of phenols is 1. The lowest BCUT2D eigenvalue weighted by molar-refractivity contribution is 0.249. The van der Waals surface area contributed by atoms with Crippen molar-refractivity contribution in [1.29, 1.82) is 0 Å². The predicted octanol–water partition coefficient (Wildman–Crippen LogP) is 1.96. The zero-order chi connectivity index (χ0) is 20.2. The number of benzene rings is 2. The highest BCUT2D eigenvalue weighted by atomic mass is 16.3. The summed E-state index contributed by atoms with van der Waals surface area (Å²) >= 11 is 0. The molecule has 150 valence electrons. The van der Waals surface area contributed by atoms with Crippen LogP contribution >= 0.6 is 0 Å². The summed E-state index contributed by atoms with van der Waals surface area (Å²) in [4.78, 5) is 28.7. The first-order chi connectivity index (χ1) is 14.1. The van der Waals surface area contributed by atoms with Crippen LogP contribution in [0.5, 0.6) is 5.75 Å². The van der Waals surface area contributed by atoms with Gasteiger partial charge in [-0.2, -0.15) is 0 Å². The van der Waals surface area contributed by atoms with Gasteiger partial charge in [0.2, 0.25) is 0 Å². The number of rotatable bonds is 7. The molecule has 3 aromatic carbocycles. The van der Waals surface area contributed by atoms with E-state index < -0.39 is 5.43 Å². The van der Waals surface area contributed by atoms with Gasteiger partial charge < -0.3 is 15.3 Å². The number of hydrogen-bond acceptors (Lipinski definition) is 6. The molecule has 6 heteroatoms. The number of nitrogens with one attached hydrogen (secondary N) is 1. The highest BCUT2D eigenvalue weighted by Gasteiger charge is 2.28. The third-order valence-corrected chi connectivity index (χ3v) is 5.47. The largest absolute Gasteiger partial charge is 0.508 e. The standard InChI is InChI=1S/C23H25N3O3/c27-19-8-6-17(7-9-19)10-11-24-20-21(23(29)22(20)28)26-14-12-25(13-15-26)16-18-4-2-1-3-5-18/h1-9,24,27H,10-16H2. The van der Waals surface area contributed by atoms with Crippen LogP contribution in [-0.4, -0.2) is 42.7 Å². The molecular weight excluding hydrogens is 366 g/mol. The second kappa shape index (κ2) is 8.49. The van der Waals surface area contributed by atoms with E-state index in [1.165, 1.54) is 5.56 Å². The van der Waals surface area contributed by atoms with Gasteiger partial charge >= 0.3 is 0 Å². The Morgan fingerprint density at radius 2 is 1.52 bits per heavy atom. The molecule has 0 bridgehead atoms. The minimum atomic E-state index is -0.419. The van der Waals surface area contributed by atoms with Crippen LogP contribution in [0.2, 0.25) is 0 Å². The summed E-state index contributed by atoms with van der Waals surface area (Å²) in [5.74, 6) is 0.234. The predicted molar refractivity (Wildman–Crippen MR) is 116 cm³/mol. The fourth-order valence-electron chi connectivity index (χ4n) is 3.81. The summed E-state index contributed by atoms with van der Waals surface area (Å²) < 4.78 is 0. The van der Waals surface area contributed by atoms with Crippen LogP contribution in [0.4, 0.5) is 11.4 Å².